The molecule has 4 rings (SSSR count). The van der Waals surface area contributed by atoms with Crippen molar-refractivity contribution in [1.29, 1.82) is 0 Å². The molecule has 0 atom stereocenters. The zero-order valence-electron chi connectivity index (χ0n) is 22.4. The number of ether oxygens (including phenoxy) is 2. The first kappa shape index (κ1) is 28.0. The van der Waals surface area contributed by atoms with E-state index in [2.05, 4.69) is 0 Å². The largest absolute Gasteiger partial charge is 0.452 e. The second kappa shape index (κ2) is 13.2. The van der Waals surface area contributed by atoms with E-state index in [0.29, 0.717) is 13.1 Å². The molecule has 0 aliphatic carbocycles. The van der Waals surface area contributed by atoms with E-state index in [1.54, 1.807) is 0 Å². The summed E-state index contributed by atoms with van der Waals surface area (Å²) < 4.78 is 10.1. The lowest BCUT2D eigenvalue weighted by Gasteiger charge is -2.22. The van der Waals surface area contributed by atoms with Gasteiger partial charge < -0.3 is 19.3 Å². The maximum absolute atomic E-state index is 12.8. The fourth-order valence-electron chi connectivity index (χ4n) is 4.50. The van der Waals surface area contributed by atoms with E-state index >= 15 is 0 Å². The first-order valence-corrected chi connectivity index (χ1v) is 13.0. The lowest BCUT2D eigenvalue weighted by molar-refractivity contribution is -0.144. The number of amides is 2. The van der Waals surface area contributed by atoms with Crippen molar-refractivity contribution in [2.45, 2.75) is 13.8 Å². The van der Waals surface area contributed by atoms with Crippen LogP contribution in [0.1, 0.15) is 13.8 Å². The summed E-state index contributed by atoms with van der Waals surface area (Å²) in [5, 5.41) is 3.79. The monoisotopic (exact) mass is 538 g/mol. The van der Waals surface area contributed by atoms with Crippen LogP contribution in [0.25, 0.3) is 21.5 Å². The van der Waals surface area contributed by atoms with Crippen LogP contribution in [0.2, 0.25) is 0 Å². The molecule has 0 radical (unpaired) electrons. The average Bonchev–Trinajstić information content (AvgIpc) is 2.99. The molecule has 0 N–H and O–H groups in total. The number of carbonyl (C=O) groups is 4. The molecule has 0 spiro atoms. The van der Waals surface area contributed by atoms with Crippen molar-refractivity contribution in [3.8, 4) is 0 Å². The Hall–Kier alpha value is -4.98. The summed E-state index contributed by atoms with van der Waals surface area (Å²) >= 11 is 0. The van der Waals surface area contributed by atoms with Gasteiger partial charge in [-0.1, -0.05) is 72.8 Å². The topological polar surface area (TPSA) is 93.2 Å². The second-order valence-corrected chi connectivity index (χ2v) is 8.82. The molecule has 8 nitrogen and oxygen atoms in total. The van der Waals surface area contributed by atoms with Crippen LogP contribution in [0.4, 0.5) is 11.4 Å². The minimum Gasteiger partial charge on any atom is -0.452 e. The normalized spacial score (nSPS) is 10.9. The number of rotatable bonds is 10. The van der Waals surface area contributed by atoms with Crippen molar-refractivity contribution < 1.29 is 28.7 Å². The summed E-state index contributed by atoms with van der Waals surface area (Å²) in [5.41, 5.74) is 1.44. The van der Waals surface area contributed by atoms with Crippen LogP contribution in [-0.4, -0.2) is 50.1 Å². The van der Waals surface area contributed by atoms with E-state index in [-0.39, 0.29) is 0 Å². The number of esters is 2. The molecule has 0 heterocycles. The van der Waals surface area contributed by atoms with Gasteiger partial charge >= 0.3 is 11.9 Å². The third kappa shape index (κ3) is 6.53. The minimum absolute atomic E-state index is 0.383. The predicted molar refractivity (Wildman–Crippen MR) is 155 cm³/mol. The van der Waals surface area contributed by atoms with Crippen molar-refractivity contribution in [3.05, 3.63) is 97.1 Å². The maximum Gasteiger partial charge on any atom is 0.331 e. The fourth-order valence-corrected chi connectivity index (χ4v) is 4.50. The predicted octanol–water partition coefficient (Wildman–Crippen LogP) is 5.04. The quantitative estimate of drug-likeness (QED) is 0.207. The third-order valence-electron chi connectivity index (χ3n) is 6.38. The fraction of sp³-hybridized carbons (Fsp3) is 0.188. The minimum atomic E-state index is -0.878. The highest BCUT2D eigenvalue weighted by Crippen LogP contribution is 2.28. The number of likely N-dealkylation sites (N-methyl/N-ethyl adjacent to an activating group) is 2. The Bertz CT molecular complexity index is 1450. The van der Waals surface area contributed by atoms with Crippen LogP contribution in [0, 0.1) is 0 Å². The maximum atomic E-state index is 12.8. The molecule has 204 valence electrons. The molecule has 8 heteroatoms. The van der Waals surface area contributed by atoms with Gasteiger partial charge in [0.05, 0.1) is 11.4 Å². The molecule has 40 heavy (non-hydrogen) atoms. The second-order valence-electron chi connectivity index (χ2n) is 8.82. The van der Waals surface area contributed by atoms with Gasteiger partial charge in [-0.2, -0.15) is 0 Å². The molecular formula is C32H30N2O6. The molecule has 0 bridgehead atoms. The standard InChI is InChI=1S/C32H30N2O6/c1-3-33(27-17-9-13-23-11-5-7-15-25(23)27)29(35)21-39-31(37)19-20-32(38)40-22-30(36)34(4-2)28-18-10-14-24-12-6-8-16-26(24)28/h5-20H,3-4,21-22H2,1-2H3/b20-19+. The number of hydrogen-bond donors (Lipinski definition) is 0. The Morgan fingerprint density at radius 3 is 1.35 bits per heavy atom. The summed E-state index contributed by atoms with van der Waals surface area (Å²) in [5.74, 6) is -2.56. The molecule has 0 saturated carbocycles. The van der Waals surface area contributed by atoms with Crippen LogP contribution in [0.5, 0.6) is 0 Å². The van der Waals surface area contributed by atoms with Gasteiger partial charge in [0.15, 0.2) is 13.2 Å². The first-order valence-electron chi connectivity index (χ1n) is 13.0. The van der Waals surface area contributed by atoms with E-state index < -0.39 is 37.0 Å². The Labute approximate surface area is 232 Å². The zero-order chi connectivity index (χ0) is 28.5. The molecule has 0 aliphatic heterocycles. The number of hydrogen-bond acceptors (Lipinski definition) is 6. The number of carbonyl (C=O) groups excluding carboxylic acids is 4. The van der Waals surface area contributed by atoms with Gasteiger partial charge in [0.1, 0.15) is 0 Å². The van der Waals surface area contributed by atoms with Gasteiger partial charge in [0.2, 0.25) is 0 Å². The van der Waals surface area contributed by atoms with Gasteiger partial charge in [-0.05, 0) is 36.8 Å². The summed E-state index contributed by atoms with van der Waals surface area (Å²) in [6.45, 7) is 3.44. The highest BCUT2D eigenvalue weighted by atomic mass is 16.5. The van der Waals surface area contributed by atoms with Crippen LogP contribution in [0.15, 0.2) is 97.1 Å². The lowest BCUT2D eigenvalue weighted by Crippen LogP contribution is -2.34. The molecule has 4 aromatic carbocycles. The van der Waals surface area contributed by atoms with E-state index in [0.717, 1.165) is 45.1 Å². The molecular weight excluding hydrogens is 508 g/mol. The summed E-state index contributed by atoms with van der Waals surface area (Å²) in [4.78, 5) is 53.0. The third-order valence-corrected chi connectivity index (χ3v) is 6.38. The Kier molecular flexibility index (Phi) is 9.25. The molecule has 0 aliphatic rings. The molecule has 0 fully saturated rings. The van der Waals surface area contributed by atoms with Gasteiger partial charge in [-0.3, -0.25) is 9.59 Å². The number of anilines is 2. The van der Waals surface area contributed by atoms with Gasteiger partial charge in [-0.15, -0.1) is 0 Å². The van der Waals surface area contributed by atoms with Gasteiger partial charge in [-0.25, -0.2) is 9.59 Å². The van der Waals surface area contributed by atoms with Crippen molar-refractivity contribution in [2.75, 3.05) is 36.1 Å². The van der Waals surface area contributed by atoms with Crippen molar-refractivity contribution >= 4 is 56.7 Å². The van der Waals surface area contributed by atoms with E-state index in [1.807, 2.05) is 98.8 Å². The highest BCUT2D eigenvalue weighted by Gasteiger charge is 2.19. The Morgan fingerprint density at radius 2 is 0.950 bits per heavy atom. The summed E-state index contributed by atoms with van der Waals surface area (Å²) in [6, 6.07) is 26.7. The smallest absolute Gasteiger partial charge is 0.331 e. The van der Waals surface area contributed by atoms with Crippen LogP contribution < -0.4 is 9.80 Å². The van der Waals surface area contributed by atoms with Crippen molar-refractivity contribution in [3.63, 3.8) is 0 Å². The first-order chi connectivity index (χ1) is 19.4. The Morgan fingerprint density at radius 1 is 0.575 bits per heavy atom. The van der Waals surface area contributed by atoms with Crippen molar-refractivity contribution in [1.82, 2.24) is 0 Å². The van der Waals surface area contributed by atoms with Gasteiger partial charge in [0, 0.05) is 36.0 Å². The van der Waals surface area contributed by atoms with Crippen LogP contribution >= 0.6 is 0 Å². The lowest BCUT2D eigenvalue weighted by atomic mass is 10.1. The van der Waals surface area contributed by atoms with Crippen molar-refractivity contribution in [2.24, 2.45) is 0 Å². The highest BCUT2D eigenvalue weighted by molar-refractivity contribution is 6.06. The molecule has 2 amide bonds. The molecule has 0 aromatic heterocycles. The number of benzene rings is 4. The average molecular weight is 539 g/mol. The van der Waals surface area contributed by atoms with Gasteiger partial charge in [0.25, 0.3) is 11.8 Å². The van der Waals surface area contributed by atoms with E-state index in [9.17, 15) is 19.2 Å². The Balaban J connectivity index is 1.29. The number of fused-ring (bicyclic) bond motifs is 2. The summed E-state index contributed by atoms with van der Waals surface area (Å²) in [6.07, 6.45) is 1.74. The number of nitrogens with zero attached hydrogens (tertiary/aromatic N) is 2. The van der Waals surface area contributed by atoms with Crippen LogP contribution in [-0.2, 0) is 28.7 Å². The van der Waals surface area contributed by atoms with E-state index in [1.165, 1.54) is 9.80 Å². The molecule has 0 unspecified atom stereocenters. The van der Waals surface area contributed by atoms with Crippen LogP contribution in [0.3, 0.4) is 0 Å². The zero-order valence-corrected chi connectivity index (χ0v) is 22.4. The van der Waals surface area contributed by atoms with E-state index in [4.69, 9.17) is 9.47 Å². The molecule has 0 saturated heterocycles. The molecule has 4 aromatic rings. The summed E-state index contributed by atoms with van der Waals surface area (Å²) in [7, 11) is 0. The SMILES string of the molecule is CCN(C(=O)COC(=O)/C=C/C(=O)OCC(=O)N(CC)c1cccc2ccccc12)c1cccc2ccccc12.